The van der Waals surface area contributed by atoms with Crippen LogP contribution in [0.2, 0.25) is 0 Å². The highest BCUT2D eigenvalue weighted by Gasteiger charge is 2.19. The van der Waals surface area contributed by atoms with Crippen molar-refractivity contribution in [3.63, 3.8) is 0 Å². The van der Waals surface area contributed by atoms with E-state index in [1.54, 1.807) is 7.11 Å². The Kier molecular flexibility index (Phi) is 6.60. The van der Waals surface area contributed by atoms with Gasteiger partial charge in [0.05, 0.1) is 24.2 Å². The third-order valence-corrected chi connectivity index (χ3v) is 6.64. The summed E-state index contributed by atoms with van der Waals surface area (Å²) in [4.78, 5) is 7.25. The fourth-order valence-electron chi connectivity index (χ4n) is 4.88. The molecule has 0 bridgehead atoms. The summed E-state index contributed by atoms with van der Waals surface area (Å²) in [6.07, 6.45) is 10.2. The monoisotopic (exact) mass is 400 g/mol. The smallest absolute Gasteiger partial charge is 0.203 e. The van der Waals surface area contributed by atoms with Crippen molar-refractivity contribution in [1.82, 2.24) is 14.5 Å². The molecule has 1 saturated heterocycles. The van der Waals surface area contributed by atoms with Gasteiger partial charge in [-0.1, -0.05) is 19.3 Å². The molecule has 2 fully saturated rings. The summed E-state index contributed by atoms with van der Waals surface area (Å²) in [5, 5.41) is 14.1. The number of anilines is 1. The minimum absolute atomic E-state index is 0.291. The number of hydrogen-bond acceptors (Lipinski definition) is 5. The zero-order chi connectivity index (χ0) is 20.2. The molecule has 6 heteroatoms. The van der Waals surface area contributed by atoms with Crippen molar-refractivity contribution in [2.24, 2.45) is 7.05 Å². The van der Waals surface area contributed by atoms with Gasteiger partial charge in [0.15, 0.2) is 0 Å². The molecule has 0 amide bonds. The third kappa shape index (κ3) is 4.86. The van der Waals surface area contributed by atoms with Gasteiger partial charge in [0, 0.05) is 25.7 Å². The summed E-state index contributed by atoms with van der Waals surface area (Å²) in [7, 11) is 3.79. The van der Waals surface area contributed by atoms with Gasteiger partial charge in [-0.15, -0.1) is 0 Å². The lowest BCUT2D eigenvalue weighted by Gasteiger charge is -2.23. The normalized spacial score (nSPS) is 19.7. The van der Waals surface area contributed by atoms with Crippen LogP contribution in [0.3, 0.4) is 0 Å². The number of methoxy groups -OCH3 is 1. The van der Waals surface area contributed by atoms with Crippen LogP contribution in [0.15, 0.2) is 12.1 Å². The van der Waals surface area contributed by atoms with Crippen molar-refractivity contribution >= 4 is 17.0 Å². The molecule has 1 aliphatic heterocycles. The minimum atomic E-state index is -0.291. The number of likely N-dealkylation sites (tertiary alicyclic amines) is 1. The number of nitrogens with one attached hydrogen (secondary N) is 1. The Bertz CT molecular complexity index is 807. The molecule has 4 rings (SSSR count). The van der Waals surface area contributed by atoms with Gasteiger partial charge in [0.2, 0.25) is 5.95 Å². The average Bonchev–Trinajstić information content (AvgIpc) is 3.34. The summed E-state index contributed by atoms with van der Waals surface area (Å²) < 4.78 is 7.82. The zero-order valence-corrected chi connectivity index (χ0v) is 18.0. The number of benzene rings is 1. The number of imidazole rings is 1. The quantitative estimate of drug-likeness (QED) is 0.707. The molecule has 2 aliphatic rings. The van der Waals surface area contributed by atoms with E-state index >= 15 is 0 Å². The Labute approximate surface area is 174 Å². The van der Waals surface area contributed by atoms with Crippen molar-refractivity contribution in [2.45, 2.75) is 69.9 Å². The van der Waals surface area contributed by atoms with Crippen molar-refractivity contribution in [3.8, 4) is 5.75 Å². The van der Waals surface area contributed by atoms with Crippen molar-refractivity contribution in [3.05, 3.63) is 17.7 Å². The number of aryl methyl sites for hydroxylation is 2. The molecule has 0 unspecified atom stereocenters. The summed E-state index contributed by atoms with van der Waals surface area (Å²) in [5.74, 6) is 1.83. The highest BCUT2D eigenvalue weighted by Crippen LogP contribution is 2.30. The first-order valence-electron chi connectivity index (χ1n) is 11.3. The zero-order valence-electron chi connectivity index (χ0n) is 18.0. The second-order valence-corrected chi connectivity index (χ2v) is 8.83. The molecule has 1 saturated carbocycles. The summed E-state index contributed by atoms with van der Waals surface area (Å²) in [6, 6.07) is 4.76. The molecule has 1 atom stereocenters. The fourth-order valence-corrected chi connectivity index (χ4v) is 4.88. The molecule has 2 aromatic rings. The lowest BCUT2D eigenvalue weighted by Crippen LogP contribution is -2.30. The van der Waals surface area contributed by atoms with E-state index in [-0.39, 0.29) is 6.10 Å². The lowest BCUT2D eigenvalue weighted by molar-refractivity contribution is 0.117. The van der Waals surface area contributed by atoms with E-state index in [1.165, 1.54) is 44.9 Å². The highest BCUT2D eigenvalue weighted by atomic mass is 16.5. The van der Waals surface area contributed by atoms with Gasteiger partial charge in [-0.3, -0.25) is 0 Å². The summed E-state index contributed by atoms with van der Waals surface area (Å²) in [5.41, 5.74) is 3.21. The van der Waals surface area contributed by atoms with Crippen LogP contribution in [-0.2, 0) is 13.5 Å². The molecular formula is C23H36N4O2. The molecule has 1 aliphatic carbocycles. The van der Waals surface area contributed by atoms with E-state index in [0.29, 0.717) is 6.04 Å². The van der Waals surface area contributed by atoms with Crippen molar-refractivity contribution < 1.29 is 9.84 Å². The molecule has 29 heavy (non-hydrogen) atoms. The van der Waals surface area contributed by atoms with Crippen LogP contribution in [0.4, 0.5) is 5.95 Å². The van der Waals surface area contributed by atoms with E-state index in [0.717, 1.165) is 60.8 Å². The number of aliphatic hydroxyl groups is 1. The standard InChI is InChI=1S/C23H36N4O2/c1-26-21-15-22(29-2)17(10-11-19(28)16-27-12-6-7-13-27)14-20(21)25-23(26)24-18-8-4-3-5-9-18/h14-15,18-19,28H,3-13,16H2,1-2H3,(H,24,25)/t19-/m0/s1. The highest BCUT2D eigenvalue weighted by molar-refractivity contribution is 5.81. The van der Waals surface area contributed by atoms with Crippen LogP contribution in [0.5, 0.6) is 5.75 Å². The van der Waals surface area contributed by atoms with E-state index in [1.807, 2.05) is 0 Å². The molecule has 2 heterocycles. The first kappa shape index (κ1) is 20.5. The number of nitrogens with zero attached hydrogens (tertiary/aromatic N) is 3. The van der Waals surface area contributed by atoms with Crippen molar-refractivity contribution in [2.75, 3.05) is 32.1 Å². The first-order chi connectivity index (χ1) is 14.1. The Balaban J connectivity index is 1.46. The molecule has 0 radical (unpaired) electrons. The summed E-state index contributed by atoms with van der Waals surface area (Å²) >= 11 is 0. The number of β-amino-alcohol motifs (C(OH)–C–C–N with tert-alkyl or cyclic N) is 1. The summed E-state index contributed by atoms with van der Waals surface area (Å²) in [6.45, 7) is 3.03. The van der Waals surface area contributed by atoms with Crippen LogP contribution < -0.4 is 10.1 Å². The average molecular weight is 401 g/mol. The minimum Gasteiger partial charge on any atom is -0.496 e. The Hall–Kier alpha value is -1.79. The third-order valence-electron chi connectivity index (χ3n) is 6.64. The maximum atomic E-state index is 10.5. The Morgan fingerprint density at radius 2 is 1.93 bits per heavy atom. The Morgan fingerprint density at radius 3 is 2.66 bits per heavy atom. The van der Waals surface area contributed by atoms with Gasteiger partial charge in [-0.05, 0) is 63.2 Å². The van der Waals surface area contributed by atoms with E-state index < -0.39 is 0 Å². The van der Waals surface area contributed by atoms with Crippen LogP contribution in [0.25, 0.3) is 11.0 Å². The van der Waals surface area contributed by atoms with Gasteiger partial charge in [0.1, 0.15) is 5.75 Å². The molecule has 2 N–H and O–H groups in total. The topological polar surface area (TPSA) is 62.6 Å². The van der Waals surface area contributed by atoms with E-state index in [9.17, 15) is 5.11 Å². The van der Waals surface area contributed by atoms with E-state index in [2.05, 4.69) is 34.0 Å². The van der Waals surface area contributed by atoms with Gasteiger partial charge >= 0.3 is 0 Å². The second kappa shape index (κ2) is 9.35. The van der Waals surface area contributed by atoms with Crippen LogP contribution >= 0.6 is 0 Å². The molecule has 1 aromatic carbocycles. The molecule has 1 aromatic heterocycles. The molecule has 0 spiro atoms. The first-order valence-corrected chi connectivity index (χ1v) is 11.3. The van der Waals surface area contributed by atoms with Gasteiger partial charge < -0.3 is 24.6 Å². The molecule has 160 valence electrons. The van der Waals surface area contributed by atoms with Crippen LogP contribution in [0, 0.1) is 0 Å². The molecule has 6 nitrogen and oxygen atoms in total. The lowest BCUT2D eigenvalue weighted by atomic mass is 9.96. The predicted octanol–water partition coefficient (Wildman–Crippen LogP) is 3.72. The van der Waals surface area contributed by atoms with Gasteiger partial charge in [-0.25, -0.2) is 4.98 Å². The number of aromatic nitrogens is 2. The molecular weight excluding hydrogens is 364 g/mol. The van der Waals surface area contributed by atoms with E-state index in [4.69, 9.17) is 9.72 Å². The second-order valence-electron chi connectivity index (χ2n) is 8.83. The van der Waals surface area contributed by atoms with Crippen LogP contribution in [0.1, 0.15) is 56.9 Å². The number of ether oxygens (including phenoxy) is 1. The van der Waals surface area contributed by atoms with Crippen LogP contribution in [-0.4, -0.2) is 58.4 Å². The Morgan fingerprint density at radius 1 is 1.17 bits per heavy atom. The van der Waals surface area contributed by atoms with Gasteiger partial charge in [0.25, 0.3) is 0 Å². The maximum absolute atomic E-state index is 10.5. The van der Waals surface area contributed by atoms with Gasteiger partial charge in [-0.2, -0.15) is 0 Å². The number of hydrogen-bond donors (Lipinski definition) is 2. The largest absolute Gasteiger partial charge is 0.496 e. The predicted molar refractivity (Wildman–Crippen MR) is 118 cm³/mol. The fraction of sp³-hybridized carbons (Fsp3) is 0.696. The SMILES string of the molecule is COc1cc2c(cc1CC[C@H](O)CN1CCCC1)nc(NC1CCCCC1)n2C. The van der Waals surface area contributed by atoms with Crippen molar-refractivity contribution in [1.29, 1.82) is 0 Å². The maximum Gasteiger partial charge on any atom is 0.203 e. The number of rotatable bonds is 8. The number of fused-ring (bicyclic) bond motifs is 1. The number of aliphatic hydroxyl groups excluding tert-OH is 1.